The van der Waals surface area contributed by atoms with Gasteiger partial charge in [0, 0.05) is 31.3 Å². The first-order chi connectivity index (χ1) is 9.54. The maximum absolute atomic E-state index is 12.3. The highest BCUT2D eigenvalue weighted by atomic mass is 32.2. The molecule has 0 fully saturated rings. The molecule has 0 radical (unpaired) electrons. The number of aliphatic hydroxyl groups excluding tert-OH is 1. The van der Waals surface area contributed by atoms with E-state index < -0.39 is 4.92 Å². The summed E-state index contributed by atoms with van der Waals surface area (Å²) in [5, 5.41) is 19.8. The Labute approximate surface area is 121 Å². The van der Waals surface area contributed by atoms with Crippen molar-refractivity contribution in [1.82, 2.24) is 4.90 Å². The van der Waals surface area contributed by atoms with E-state index in [0.29, 0.717) is 30.0 Å². The third-order valence-electron chi connectivity index (χ3n) is 2.88. The number of rotatable bonds is 7. The van der Waals surface area contributed by atoms with Crippen LogP contribution in [-0.4, -0.2) is 46.8 Å². The number of nitrogens with zero attached hydrogens (tertiary/aromatic N) is 2. The molecule has 0 aliphatic heterocycles. The maximum Gasteiger partial charge on any atom is 0.283 e. The van der Waals surface area contributed by atoms with Gasteiger partial charge in [0.15, 0.2) is 0 Å². The van der Waals surface area contributed by atoms with Gasteiger partial charge in [-0.15, -0.1) is 11.8 Å². The summed E-state index contributed by atoms with van der Waals surface area (Å²) < 4.78 is 0. The number of carbonyl (C=O) groups is 1. The fourth-order valence-electron chi connectivity index (χ4n) is 1.81. The second-order valence-corrected chi connectivity index (χ2v) is 4.95. The minimum Gasteiger partial charge on any atom is -0.396 e. The van der Waals surface area contributed by atoms with Gasteiger partial charge in [-0.1, -0.05) is 0 Å². The van der Waals surface area contributed by atoms with Crippen LogP contribution in [0.15, 0.2) is 23.1 Å². The molecule has 1 N–H and O–H groups in total. The SMILES string of the molecule is CCN(CCCO)C(=O)c1ccc(SC)c([N+](=O)[O-])c1. The molecule has 1 aromatic rings. The summed E-state index contributed by atoms with van der Waals surface area (Å²) in [6, 6.07) is 4.51. The largest absolute Gasteiger partial charge is 0.396 e. The van der Waals surface area contributed by atoms with Gasteiger partial charge in [0.05, 0.1) is 9.82 Å². The van der Waals surface area contributed by atoms with E-state index in [4.69, 9.17) is 5.11 Å². The van der Waals surface area contributed by atoms with E-state index in [0.717, 1.165) is 0 Å². The number of hydrogen-bond donors (Lipinski definition) is 1. The molecule has 7 heteroatoms. The molecule has 0 aromatic heterocycles. The monoisotopic (exact) mass is 298 g/mol. The van der Waals surface area contributed by atoms with Crippen LogP contribution >= 0.6 is 11.8 Å². The minimum absolute atomic E-state index is 0.00927. The lowest BCUT2D eigenvalue weighted by Gasteiger charge is -2.20. The third-order valence-corrected chi connectivity index (χ3v) is 3.66. The molecule has 0 aliphatic carbocycles. The highest BCUT2D eigenvalue weighted by Crippen LogP contribution is 2.28. The molecule has 0 saturated heterocycles. The van der Waals surface area contributed by atoms with Crippen molar-refractivity contribution in [2.45, 2.75) is 18.2 Å². The summed E-state index contributed by atoms with van der Waals surface area (Å²) in [7, 11) is 0. The molecule has 1 rings (SSSR count). The highest BCUT2D eigenvalue weighted by molar-refractivity contribution is 7.98. The summed E-state index contributed by atoms with van der Waals surface area (Å²) in [5.41, 5.74) is 0.246. The van der Waals surface area contributed by atoms with Gasteiger partial charge in [0.1, 0.15) is 0 Å². The number of nitro groups is 1. The van der Waals surface area contributed by atoms with Gasteiger partial charge in [0.25, 0.3) is 11.6 Å². The van der Waals surface area contributed by atoms with Gasteiger partial charge < -0.3 is 10.0 Å². The smallest absolute Gasteiger partial charge is 0.283 e. The molecule has 20 heavy (non-hydrogen) atoms. The van der Waals surface area contributed by atoms with Crippen LogP contribution in [0.4, 0.5) is 5.69 Å². The standard InChI is InChI=1S/C13H18N2O4S/c1-3-14(7-4-8-16)13(17)10-5-6-12(20-2)11(9-10)15(18)19/h5-6,9,16H,3-4,7-8H2,1-2H3. The topological polar surface area (TPSA) is 83.7 Å². The van der Waals surface area contributed by atoms with Crippen molar-refractivity contribution in [2.75, 3.05) is 26.0 Å². The molecule has 6 nitrogen and oxygen atoms in total. The Bertz CT molecular complexity index is 493. The van der Waals surface area contributed by atoms with Gasteiger partial charge in [-0.2, -0.15) is 0 Å². The lowest BCUT2D eigenvalue weighted by atomic mass is 10.1. The van der Waals surface area contributed by atoms with Crippen molar-refractivity contribution >= 4 is 23.4 Å². The van der Waals surface area contributed by atoms with Gasteiger partial charge in [-0.3, -0.25) is 14.9 Å². The Morgan fingerprint density at radius 3 is 2.70 bits per heavy atom. The van der Waals surface area contributed by atoms with Crippen LogP contribution in [0.1, 0.15) is 23.7 Å². The average molecular weight is 298 g/mol. The van der Waals surface area contributed by atoms with Gasteiger partial charge in [-0.25, -0.2) is 0 Å². The van der Waals surface area contributed by atoms with E-state index in [1.54, 1.807) is 23.3 Å². The van der Waals surface area contributed by atoms with E-state index in [2.05, 4.69) is 0 Å². The van der Waals surface area contributed by atoms with Crippen molar-refractivity contribution in [1.29, 1.82) is 0 Å². The van der Waals surface area contributed by atoms with E-state index in [1.165, 1.54) is 17.8 Å². The number of carbonyl (C=O) groups excluding carboxylic acids is 1. The molecule has 1 aromatic carbocycles. The van der Waals surface area contributed by atoms with Crippen molar-refractivity contribution in [3.63, 3.8) is 0 Å². The lowest BCUT2D eigenvalue weighted by Crippen LogP contribution is -2.32. The number of hydrogen-bond acceptors (Lipinski definition) is 5. The van der Waals surface area contributed by atoms with Crippen LogP contribution in [0, 0.1) is 10.1 Å². The van der Waals surface area contributed by atoms with E-state index in [9.17, 15) is 14.9 Å². The van der Waals surface area contributed by atoms with E-state index in [1.807, 2.05) is 6.92 Å². The second kappa shape index (κ2) is 7.86. The number of nitro benzene ring substituents is 1. The molecular weight excluding hydrogens is 280 g/mol. The third kappa shape index (κ3) is 3.94. The quantitative estimate of drug-likeness (QED) is 0.474. The van der Waals surface area contributed by atoms with Crippen LogP contribution < -0.4 is 0 Å². The minimum atomic E-state index is -0.480. The Kier molecular flexibility index (Phi) is 6.47. The summed E-state index contributed by atoms with van der Waals surface area (Å²) in [4.78, 5) is 24.9. The van der Waals surface area contributed by atoms with Crippen LogP contribution in [-0.2, 0) is 0 Å². The fraction of sp³-hybridized carbons (Fsp3) is 0.462. The summed E-state index contributed by atoms with van der Waals surface area (Å²) in [5.74, 6) is -0.253. The first-order valence-corrected chi connectivity index (χ1v) is 7.50. The summed E-state index contributed by atoms with van der Waals surface area (Å²) in [6.45, 7) is 2.77. The number of thioether (sulfide) groups is 1. The lowest BCUT2D eigenvalue weighted by molar-refractivity contribution is -0.387. The number of amides is 1. The normalized spacial score (nSPS) is 10.3. The molecule has 0 aliphatic rings. The Hall–Kier alpha value is -1.60. The van der Waals surface area contributed by atoms with Gasteiger partial charge >= 0.3 is 0 Å². The van der Waals surface area contributed by atoms with Gasteiger partial charge in [-0.05, 0) is 31.7 Å². The molecule has 0 spiro atoms. The molecule has 0 atom stereocenters. The maximum atomic E-state index is 12.3. The van der Waals surface area contributed by atoms with Crippen LogP contribution in [0.5, 0.6) is 0 Å². The van der Waals surface area contributed by atoms with Crippen molar-refractivity contribution in [3.8, 4) is 0 Å². The van der Waals surface area contributed by atoms with Gasteiger partial charge in [0.2, 0.25) is 0 Å². The van der Waals surface area contributed by atoms with Crippen LogP contribution in [0.3, 0.4) is 0 Å². The van der Waals surface area contributed by atoms with Crippen molar-refractivity contribution in [3.05, 3.63) is 33.9 Å². The van der Waals surface area contributed by atoms with E-state index in [-0.39, 0.29) is 18.2 Å². The summed E-state index contributed by atoms with van der Waals surface area (Å²) in [6.07, 6.45) is 2.24. The van der Waals surface area contributed by atoms with E-state index >= 15 is 0 Å². The molecule has 0 bridgehead atoms. The molecular formula is C13H18N2O4S. The summed E-state index contributed by atoms with van der Waals surface area (Å²) >= 11 is 1.27. The van der Waals surface area contributed by atoms with Crippen LogP contribution in [0.25, 0.3) is 0 Å². The predicted molar refractivity (Wildman–Crippen MR) is 78.2 cm³/mol. The Balaban J connectivity index is 3.03. The predicted octanol–water partition coefficient (Wildman–Crippen LogP) is 2.16. The first kappa shape index (κ1) is 16.5. The highest BCUT2D eigenvalue weighted by Gasteiger charge is 2.19. The molecule has 110 valence electrons. The molecule has 1 amide bonds. The number of benzene rings is 1. The zero-order valence-corrected chi connectivity index (χ0v) is 12.4. The Morgan fingerprint density at radius 1 is 1.50 bits per heavy atom. The van der Waals surface area contributed by atoms with Crippen molar-refractivity contribution < 1.29 is 14.8 Å². The molecule has 0 unspecified atom stereocenters. The second-order valence-electron chi connectivity index (χ2n) is 4.11. The first-order valence-electron chi connectivity index (χ1n) is 6.27. The zero-order chi connectivity index (χ0) is 15.1. The van der Waals surface area contributed by atoms with Crippen molar-refractivity contribution in [2.24, 2.45) is 0 Å². The Morgan fingerprint density at radius 2 is 2.20 bits per heavy atom. The zero-order valence-electron chi connectivity index (χ0n) is 11.5. The fourth-order valence-corrected chi connectivity index (χ4v) is 2.36. The average Bonchev–Trinajstić information content (AvgIpc) is 2.46. The number of aliphatic hydroxyl groups is 1. The van der Waals surface area contributed by atoms with Crippen LogP contribution in [0.2, 0.25) is 0 Å². The molecule has 0 saturated carbocycles. The molecule has 0 heterocycles.